The van der Waals surface area contributed by atoms with E-state index >= 15 is 0 Å². The average molecular weight is 843 g/mol. The van der Waals surface area contributed by atoms with Crippen molar-refractivity contribution in [3.63, 3.8) is 0 Å². The summed E-state index contributed by atoms with van der Waals surface area (Å²) in [6.45, 7) is 4.46. The quantitative estimate of drug-likeness (QED) is 0.105. The van der Waals surface area contributed by atoms with Crippen LogP contribution in [0.15, 0.2) is 101 Å². The number of hydrogen-bond donors (Lipinski definition) is 5. The highest BCUT2D eigenvalue weighted by Crippen LogP contribution is 2.24. The standard InChI is InChI=1S/C22H22N6O4S.C15H16N6O4S/c1-15-21-18(23-11-17-8-9-19(24-12-17)27-33(2,30)31)10-20(29)28(22(21)26-14-25-15)32-13-16-6-4-3-5-7-16;1-9-14-11(5-13(22)21(23)15(14)19-8-18-9)16-6-10-3-4-12(17-7-10)20-26(2,24)25/h3-10,12,14,23H,11,13H2,1-2H3,(H,24,27);3-5,7-8,16,23H,6H2,1-2H3,(H,17,20). The Bertz CT molecular complexity index is 2970. The fourth-order valence-corrected chi connectivity index (χ4v) is 6.66. The Labute approximate surface area is 337 Å². The lowest BCUT2D eigenvalue weighted by molar-refractivity contribution is 0.0979. The third-order valence-corrected chi connectivity index (χ3v) is 9.47. The summed E-state index contributed by atoms with van der Waals surface area (Å²) in [7, 11) is -6.78. The molecule has 0 atom stereocenters. The molecule has 7 rings (SSSR count). The number of rotatable bonds is 13. The molecule has 5 N–H and O–H groups in total. The van der Waals surface area contributed by atoms with Gasteiger partial charge in [-0.15, -0.1) is 9.46 Å². The third-order valence-electron chi connectivity index (χ3n) is 8.31. The van der Waals surface area contributed by atoms with Crippen LogP contribution in [0.1, 0.15) is 28.1 Å². The SMILES string of the molecule is Cc1ncnc2c1c(NCc1ccc(NS(C)(=O)=O)nc1)cc(=O)n2O.Cc1ncnc2c1c(NCc1ccc(NS(C)(=O)=O)nc1)cc(=O)n2OCc1ccccc1. The van der Waals surface area contributed by atoms with Crippen molar-refractivity contribution >= 4 is 65.1 Å². The summed E-state index contributed by atoms with van der Waals surface area (Å²) >= 11 is 0. The number of nitrogens with zero attached hydrogens (tertiary/aromatic N) is 8. The molecule has 0 saturated heterocycles. The number of nitrogens with one attached hydrogen (secondary N) is 4. The summed E-state index contributed by atoms with van der Waals surface area (Å²) in [4.78, 5) is 55.2. The summed E-state index contributed by atoms with van der Waals surface area (Å²) in [6, 6.07) is 18.8. The molecule has 22 heteroatoms. The van der Waals surface area contributed by atoms with Gasteiger partial charge in [0.25, 0.3) is 11.1 Å². The number of sulfonamides is 2. The zero-order chi connectivity index (χ0) is 42.3. The number of aromatic nitrogens is 8. The highest BCUT2D eigenvalue weighted by Gasteiger charge is 2.15. The molecule has 6 aromatic heterocycles. The lowest BCUT2D eigenvalue weighted by Crippen LogP contribution is -2.28. The molecule has 59 heavy (non-hydrogen) atoms. The van der Waals surface area contributed by atoms with Crippen LogP contribution < -0.4 is 36.0 Å². The summed E-state index contributed by atoms with van der Waals surface area (Å²) in [5.41, 5.74) is 4.29. The Morgan fingerprint density at radius 3 is 1.61 bits per heavy atom. The predicted molar refractivity (Wildman–Crippen MR) is 221 cm³/mol. The first-order valence-corrected chi connectivity index (χ1v) is 21.3. The molecule has 0 aliphatic rings. The van der Waals surface area contributed by atoms with Crippen LogP contribution in [0.2, 0.25) is 0 Å². The minimum absolute atomic E-state index is 0.110. The second-order valence-corrected chi connectivity index (χ2v) is 16.5. The topological polar surface area (TPSA) is 267 Å². The van der Waals surface area contributed by atoms with Gasteiger partial charge in [-0.2, -0.15) is 0 Å². The first kappa shape index (κ1) is 41.4. The van der Waals surface area contributed by atoms with E-state index in [0.29, 0.717) is 57.0 Å². The largest absolute Gasteiger partial charge is 0.423 e. The molecule has 306 valence electrons. The summed E-state index contributed by atoms with van der Waals surface area (Å²) < 4.78 is 51.3. The smallest absolute Gasteiger partial charge is 0.287 e. The van der Waals surface area contributed by atoms with Crippen molar-refractivity contribution in [1.29, 1.82) is 0 Å². The van der Waals surface area contributed by atoms with Crippen molar-refractivity contribution in [3.8, 4) is 0 Å². The van der Waals surface area contributed by atoms with E-state index < -0.39 is 25.6 Å². The van der Waals surface area contributed by atoms with Crippen molar-refractivity contribution < 1.29 is 26.9 Å². The predicted octanol–water partition coefficient (Wildman–Crippen LogP) is 2.82. The number of aryl methyl sites for hydroxylation is 2. The minimum atomic E-state index is -3.40. The molecule has 0 fully saturated rings. The second kappa shape index (κ2) is 17.5. The summed E-state index contributed by atoms with van der Waals surface area (Å²) in [6.07, 6.45) is 7.83. The van der Waals surface area contributed by atoms with Crippen LogP contribution in [-0.2, 0) is 39.7 Å². The molecule has 1 aromatic carbocycles. The van der Waals surface area contributed by atoms with Gasteiger partial charge in [0.15, 0.2) is 11.3 Å². The van der Waals surface area contributed by atoms with Gasteiger partial charge in [0.1, 0.15) is 30.9 Å². The molecule has 0 amide bonds. The van der Waals surface area contributed by atoms with Crippen LogP contribution in [-0.4, -0.2) is 73.9 Å². The third kappa shape index (κ3) is 10.8. The van der Waals surface area contributed by atoms with Gasteiger partial charge >= 0.3 is 0 Å². The lowest BCUT2D eigenvalue weighted by Gasteiger charge is -2.15. The van der Waals surface area contributed by atoms with Gasteiger partial charge in [0, 0.05) is 37.6 Å². The Morgan fingerprint density at radius 2 is 1.12 bits per heavy atom. The minimum Gasteiger partial charge on any atom is -0.423 e. The van der Waals surface area contributed by atoms with Gasteiger partial charge in [-0.3, -0.25) is 19.0 Å². The van der Waals surface area contributed by atoms with Crippen molar-refractivity contribution in [2.45, 2.75) is 33.5 Å². The number of anilines is 4. The molecule has 0 aliphatic carbocycles. The number of benzene rings is 1. The fraction of sp³-hybridized carbons (Fsp3) is 0.189. The van der Waals surface area contributed by atoms with Crippen molar-refractivity contribution in [3.05, 3.63) is 141 Å². The molecule has 7 aromatic rings. The van der Waals surface area contributed by atoms with Gasteiger partial charge in [-0.1, -0.05) is 42.5 Å². The van der Waals surface area contributed by atoms with Crippen LogP contribution in [0, 0.1) is 13.8 Å². The highest BCUT2D eigenvalue weighted by molar-refractivity contribution is 7.92. The zero-order valence-electron chi connectivity index (χ0n) is 32.0. The van der Waals surface area contributed by atoms with E-state index in [1.807, 2.05) is 37.3 Å². The molecular formula is C37H38N12O8S2. The fourth-order valence-electron chi connectivity index (χ4n) is 5.66. The van der Waals surface area contributed by atoms with Crippen LogP contribution in [0.5, 0.6) is 0 Å². The Balaban J connectivity index is 0.000000204. The monoisotopic (exact) mass is 842 g/mol. The van der Waals surface area contributed by atoms with Crippen LogP contribution in [0.25, 0.3) is 22.1 Å². The van der Waals surface area contributed by atoms with E-state index in [1.54, 1.807) is 31.3 Å². The molecule has 0 saturated carbocycles. The maximum atomic E-state index is 12.8. The normalized spacial score (nSPS) is 11.4. The molecule has 0 radical (unpaired) electrons. The van der Waals surface area contributed by atoms with Crippen LogP contribution >= 0.6 is 0 Å². The summed E-state index contributed by atoms with van der Waals surface area (Å²) in [5, 5.41) is 17.3. The highest BCUT2D eigenvalue weighted by atomic mass is 32.2. The maximum Gasteiger partial charge on any atom is 0.287 e. The van der Waals surface area contributed by atoms with Crippen LogP contribution in [0.3, 0.4) is 0 Å². The van der Waals surface area contributed by atoms with E-state index in [2.05, 4.69) is 50.0 Å². The molecule has 0 aliphatic heterocycles. The van der Waals surface area contributed by atoms with E-state index in [4.69, 9.17) is 4.84 Å². The van der Waals surface area contributed by atoms with Crippen molar-refractivity contribution in [1.82, 2.24) is 39.4 Å². The molecule has 0 unspecified atom stereocenters. The van der Waals surface area contributed by atoms with E-state index in [0.717, 1.165) is 29.2 Å². The van der Waals surface area contributed by atoms with E-state index in [-0.39, 0.29) is 29.4 Å². The number of fused-ring (bicyclic) bond motifs is 2. The zero-order valence-corrected chi connectivity index (χ0v) is 33.6. The average Bonchev–Trinajstić information content (AvgIpc) is 3.18. The molecule has 6 heterocycles. The van der Waals surface area contributed by atoms with Crippen molar-refractivity contribution in [2.24, 2.45) is 0 Å². The second-order valence-electron chi connectivity index (χ2n) is 13.0. The maximum absolute atomic E-state index is 12.8. The molecule has 20 nitrogen and oxygen atoms in total. The van der Waals surface area contributed by atoms with Gasteiger partial charge < -0.3 is 20.7 Å². The number of pyridine rings is 4. The number of hydrogen-bond acceptors (Lipinski definition) is 16. The Hall–Kier alpha value is -7.20. The van der Waals surface area contributed by atoms with Gasteiger partial charge in [0.05, 0.1) is 46.0 Å². The Kier molecular flexibility index (Phi) is 12.3. The van der Waals surface area contributed by atoms with Gasteiger partial charge in [-0.05, 0) is 42.7 Å². The van der Waals surface area contributed by atoms with Gasteiger partial charge in [0.2, 0.25) is 20.0 Å². The first-order valence-electron chi connectivity index (χ1n) is 17.5. The van der Waals surface area contributed by atoms with Crippen LogP contribution in [0.4, 0.5) is 23.0 Å². The van der Waals surface area contributed by atoms with Gasteiger partial charge in [-0.25, -0.2) is 46.7 Å². The Morgan fingerprint density at radius 1 is 0.627 bits per heavy atom. The lowest BCUT2D eigenvalue weighted by atomic mass is 10.2. The summed E-state index contributed by atoms with van der Waals surface area (Å²) in [5.74, 6) is 0.447. The molecular weight excluding hydrogens is 805 g/mol. The molecule has 0 bridgehead atoms. The van der Waals surface area contributed by atoms with E-state index in [9.17, 15) is 31.6 Å². The van der Waals surface area contributed by atoms with E-state index in [1.165, 1.54) is 41.8 Å². The first-order chi connectivity index (χ1) is 28.0. The van der Waals surface area contributed by atoms with Crippen molar-refractivity contribution in [2.75, 3.05) is 32.6 Å². The molecule has 0 spiro atoms.